The zero-order valence-electron chi connectivity index (χ0n) is 1.93. The van der Waals surface area contributed by atoms with E-state index >= 15 is 0 Å². The Bertz CT molecular complexity index is 5.25. The summed E-state index contributed by atoms with van der Waals surface area (Å²) in [5.74, 6) is 0. The number of hydrogen-bond donors (Lipinski definition) is 0. The van der Waals surface area contributed by atoms with E-state index in [2.05, 4.69) is 30.2 Å². The SMILES string of the molecule is [Se][Se]C[Se-]. The van der Waals surface area contributed by atoms with Gasteiger partial charge in [-0.25, -0.2) is 0 Å². The molecule has 0 nitrogen and oxygen atoms in total. The molecule has 0 heterocycles. The second kappa shape index (κ2) is 4.56. The number of hydrogen-bond acceptors (Lipinski definition) is 0. The summed E-state index contributed by atoms with van der Waals surface area (Å²) in [5.41, 5.74) is 0. The zero-order chi connectivity index (χ0) is 3.41. The van der Waals surface area contributed by atoms with Gasteiger partial charge in [0.05, 0.1) is 0 Å². The van der Waals surface area contributed by atoms with Crippen molar-refractivity contribution in [1.29, 1.82) is 0 Å². The van der Waals surface area contributed by atoms with Crippen molar-refractivity contribution in [2.75, 3.05) is 0 Å². The van der Waals surface area contributed by atoms with Crippen molar-refractivity contribution in [3.8, 4) is 0 Å². The molecule has 3 heteroatoms. The molecule has 25 valence electrons. The Morgan fingerprint density at radius 2 is 2.25 bits per heavy atom. The summed E-state index contributed by atoms with van der Waals surface area (Å²) < 4.78 is 1.20. The Balaban J connectivity index is 1.97. The average molecular weight is 251 g/mol. The van der Waals surface area contributed by atoms with Crippen LogP contribution < -0.4 is 0 Å². The fourth-order valence-electron chi connectivity index (χ4n) is 0. The molecular formula is CH2Se3-. The molecular weight excluding hydrogens is 249 g/mol. The van der Waals surface area contributed by atoms with Crippen LogP contribution in [0, 0.1) is 0 Å². The molecule has 0 aromatic carbocycles. The Labute approximate surface area is 47.4 Å². The van der Waals surface area contributed by atoms with Crippen molar-refractivity contribution in [1.82, 2.24) is 0 Å². The molecule has 1 radical (unpaired) electrons. The van der Waals surface area contributed by atoms with E-state index in [1.165, 1.54) is 4.22 Å². The van der Waals surface area contributed by atoms with E-state index in [0.29, 0.717) is 0 Å². The second-order valence-corrected chi connectivity index (χ2v) is 6.36. The predicted octanol–water partition coefficient (Wildman–Crippen LogP) is -0.682. The van der Waals surface area contributed by atoms with Crippen LogP contribution in [0.3, 0.4) is 0 Å². The normalized spacial score (nSPS) is 7.50. The van der Waals surface area contributed by atoms with Gasteiger partial charge in [-0.1, -0.05) is 0 Å². The molecule has 0 rings (SSSR count). The summed E-state index contributed by atoms with van der Waals surface area (Å²) in [7, 11) is 0. The maximum atomic E-state index is 2.92. The maximum absolute atomic E-state index is 2.92. The summed E-state index contributed by atoms with van der Waals surface area (Å²) in [6.45, 7) is 0. The summed E-state index contributed by atoms with van der Waals surface area (Å²) in [6.07, 6.45) is 0. The molecule has 0 unspecified atom stereocenters. The van der Waals surface area contributed by atoms with Crippen molar-refractivity contribution in [3.63, 3.8) is 0 Å². The molecule has 0 aliphatic heterocycles. The van der Waals surface area contributed by atoms with Crippen molar-refractivity contribution < 1.29 is 0 Å². The Morgan fingerprint density at radius 3 is 2.25 bits per heavy atom. The molecule has 0 N–H and O–H groups in total. The minimum atomic E-state index is 0.736. The Hall–Kier alpha value is 1.56. The van der Waals surface area contributed by atoms with E-state index in [9.17, 15) is 0 Å². The Morgan fingerprint density at radius 1 is 2.00 bits per heavy atom. The average Bonchev–Trinajstić information content (AvgIpc) is 1.37. The van der Waals surface area contributed by atoms with Crippen molar-refractivity contribution >= 4 is 43.3 Å². The van der Waals surface area contributed by atoms with E-state index in [1.54, 1.807) is 0 Å². The first-order valence-electron chi connectivity index (χ1n) is 0.744. The van der Waals surface area contributed by atoms with Gasteiger partial charge in [-0.15, -0.1) is 0 Å². The molecule has 0 aliphatic carbocycles. The van der Waals surface area contributed by atoms with E-state index in [1.807, 2.05) is 0 Å². The van der Waals surface area contributed by atoms with Crippen LogP contribution in [0.4, 0.5) is 0 Å². The minimum absolute atomic E-state index is 0.736. The molecule has 0 amide bonds. The van der Waals surface area contributed by atoms with Crippen LogP contribution in [0.2, 0.25) is 4.22 Å². The van der Waals surface area contributed by atoms with E-state index in [4.69, 9.17) is 0 Å². The van der Waals surface area contributed by atoms with E-state index in [-0.39, 0.29) is 0 Å². The van der Waals surface area contributed by atoms with Gasteiger partial charge in [0, 0.05) is 0 Å². The third-order valence-electron chi connectivity index (χ3n) is 0.0481. The standard InChI is InChI=1S/CH3Se3/c2-1-4-3/h2H,1H2/p-1. The zero-order valence-corrected chi connectivity index (χ0v) is 7.07. The van der Waals surface area contributed by atoms with Gasteiger partial charge in [0.15, 0.2) is 0 Å². The first-order chi connectivity index (χ1) is 1.91. The van der Waals surface area contributed by atoms with Crippen molar-refractivity contribution in [2.24, 2.45) is 0 Å². The summed E-state index contributed by atoms with van der Waals surface area (Å²) in [5, 5.41) is 0. The van der Waals surface area contributed by atoms with Gasteiger partial charge in [0.25, 0.3) is 0 Å². The van der Waals surface area contributed by atoms with Crippen LogP contribution >= 0.6 is 0 Å². The van der Waals surface area contributed by atoms with Crippen LogP contribution in [-0.2, 0) is 0 Å². The third-order valence-corrected chi connectivity index (χ3v) is 6.75. The molecule has 0 aromatic rings. The fraction of sp³-hybridized carbons (Fsp3) is 1.00. The van der Waals surface area contributed by atoms with Gasteiger partial charge in [-0.2, -0.15) is 0 Å². The first-order valence-corrected chi connectivity index (χ1v) is 7.50. The third kappa shape index (κ3) is 3.56. The molecule has 0 bridgehead atoms. The van der Waals surface area contributed by atoms with Gasteiger partial charge < -0.3 is 0 Å². The van der Waals surface area contributed by atoms with Gasteiger partial charge in [-0.3, -0.25) is 0 Å². The van der Waals surface area contributed by atoms with E-state index in [0.717, 1.165) is 13.1 Å². The van der Waals surface area contributed by atoms with Gasteiger partial charge in [0.2, 0.25) is 0 Å². The molecule has 4 heavy (non-hydrogen) atoms. The first kappa shape index (κ1) is 5.56. The van der Waals surface area contributed by atoms with Crippen LogP contribution in [0.25, 0.3) is 0 Å². The van der Waals surface area contributed by atoms with Crippen molar-refractivity contribution in [2.45, 2.75) is 4.22 Å². The Kier molecular flexibility index (Phi) is 6.33. The fourth-order valence-corrected chi connectivity index (χ4v) is 0. The molecule has 0 aliphatic rings. The molecule has 0 fully saturated rings. The quantitative estimate of drug-likeness (QED) is 0.541. The van der Waals surface area contributed by atoms with E-state index < -0.39 is 0 Å². The summed E-state index contributed by atoms with van der Waals surface area (Å²) >= 11 is 6.55. The van der Waals surface area contributed by atoms with Crippen LogP contribution in [0.1, 0.15) is 0 Å². The van der Waals surface area contributed by atoms with Crippen LogP contribution in [0.15, 0.2) is 0 Å². The molecule has 0 saturated heterocycles. The monoisotopic (exact) mass is 254 g/mol. The van der Waals surface area contributed by atoms with Crippen LogP contribution in [-0.4, -0.2) is 43.3 Å². The predicted molar refractivity (Wildman–Crippen MR) is 22.1 cm³/mol. The summed E-state index contributed by atoms with van der Waals surface area (Å²) in [4.78, 5) is 0. The van der Waals surface area contributed by atoms with Gasteiger partial charge >= 0.3 is 47.5 Å². The second-order valence-electron chi connectivity index (χ2n) is 0.236. The van der Waals surface area contributed by atoms with Gasteiger partial charge in [-0.05, 0) is 0 Å². The molecule has 0 aromatic heterocycles. The molecule has 0 spiro atoms. The molecule has 0 saturated carbocycles. The van der Waals surface area contributed by atoms with Crippen LogP contribution in [0.5, 0.6) is 0 Å². The van der Waals surface area contributed by atoms with Crippen molar-refractivity contribution in [3.05, 3.63) is 0 Å². The summed E-state index contributed by atoms with van der Waals surface area (Å²) in [6, 6.07) is 0. The topological polar surface area (TPSA) is 0 Å². The molecule has 0 atom stereocenters. The number of rotatable bonds is 1. The van der Waals surface area contributed by atoms with Gasteiger partial charge in [0.1, 0.15) is 0 Å².